The zero-order chi connectivity index (χ0) is 18.4. The fourth-order valence-electron chi connectivity index (χ4n) is 2.31. The molecule has 0 saturated carbocycles. The molecule has 3 N–H and O–H groups in total. The first-order chi connectivity index (χ1) is 11.2. The van der Waals surface area contributed by atoms with Crippen LogP contribution >= 0.6 is 11.6 Å². The number of amides is 2. The van der Waals surface area contributed by atoms with Gasteiger partial charge in [0.15, 0.2) is 0 Å². The van der Waals surface area contributed by atoms with Gasteiger partial charge in [-0.1, -0.05) is 45.7 Å². The van der Waals surface area contributed by atoms with Crippen LogP contribution in [0.15, 0.2) is 6.08 Å². The van der Waals surface area contributed by atoms with Crippen molar-refractivity contribution in [3.63, 3.8) is 0 Å². The van der Waals surface area contributed by atoms with Gasteiger partial charge in [0.2, 0.25) is 11.8 Å². The van der Waals surface area contributed by atoms with Gasteiger partial charge in [-0.2, -0.15) is 5.10 Å². The summed E-state index contributed by atoms with van der Waals surface area (Å²) in [6.07, 6.45) is 3.71. The Kier molecular flexibility index (Phi) is 7.48. The Morgan fingerprint density at radius 1 is 1.38 bits per heavy atom. The lowest BCUT2D eigenvalue weighted by atomic mass is 9.98. The summed E-state index contributed by atoms with van der Waals surface area (Å²) in [4.78, 5) is 23.6. The highest BCUT2D eigenvalue weighted by Gasteiger charge is 2.22. The van der Waals surface area contributed by atoms with Crippen LogP contribution in [0.2, 0.25) is 5.15 Å². The van der Waals surface area contributed by atoms with E-state index >= 15 is 0 Å². The van der Waals surface area contributed by atoms with Crippen molar-refractivity contribution in [3.8, 4) is 0 Å². The van der Waals surface area contributed by atoms with Crippen molar-refractivity contribution < 1.29 is 9.59 Å². The first-order valence-corrected chi connectivity index (χ1v) is 8.55. The lowest BCUT2D eigenvalue weighted by Crippen LogP contribution is -2.47. The molecule has 0 aromatic carbocycles. The van der Waals surface area contributed by atoms with Gasteiger partial charge in [-0.15, -0.1) is 0 Å². The smallest absolute Gasteiger partial charge is 0.244 e. The maximum absolute atomic E-state index is 12.1. The molecular formula is C17H27ClN4O2. The monoisotopic (exact) mass is 354 g/mol. The second-order valence-electron chi connectivity index (χ2n) is 6.47. The van der Waals surface area contributed by atoms with Crippen LogP contribution < -0.4 is 11.1 Å². The van der Waals surface area contributed by atoms with Crippen molar-refractivity contribution in [2.24, 2.45) is 17.6 Å². The summed E-state index contributed by atoms with van der Waals surface area (Å²) in [5, 5.41) is 7.53. The Morgan fingerprint density at radius 3 is 2.50 bits per heavy atom. The average molecular weight is 355 g/mol. The Morgan fingerprint density at radius 2 is 2.00 bits per heavy atom. The van der Waals surface area contributed by atoms with Crippen molar-refractivity contribution in [1.29, 1.82) is 0 Å². The molecule has 0 aliphatic heterocycles. The molecule has 1 aromatic rings. The fourth-order valence-corrected chi connectivity index (χ4v) is 2.62. The number of aryl methyl sites for hydroxylation is 1. The zero-order valence-corrected chi connectivity index (χ0v) is 15.7. The van der Waals surface area contributed by atoms with E-state index in [-0.39, 0.29) is 11.8 Å². The number of aromatic nitrogens is 2. The van der Waals surface area contributed by atoms with Crippen molar-refractivity contribution in [1.82, 2.24) is 15.1 Å². The van der Waals surface area contributed by atoms with Gasteiger partial charge in [0.1, 0.15) is 11.2 Å². The van der Waals surface area contributed by atoms with Gasteiger partial charge in [0.25, 0.3) is 0 Å². The van der Waals surface area contributed by atoms with E-state index in [2.05, 4.69) is 24.3 Å². The highest BCUT2D eigenvalue weighted by atomic mass is 35.5. The predicted octanol–water partition coefficient (Wildman–Crippen LogP) is 2.53. The Bertz CT molecular complexity index is 622. The van der Waals surface area contributed by atoms with Gasteiger partial charge >= 0.3 is 0 Å². The molecule has 0 saturated heterocycles. The van der Waals surface area contributed by atoms with Crippen LogP contribution in [-0.4, -0.2) is 27.6 Å². The second kappa shape index (κ2) is 8.87. The number of halogens is 1. The molecule has 0 radical (unpaired) electrons. The maximum atomic E-state index is 12.1. The zero-order valence-electron chi connectivity index (χ0n) is 15.0. The number of nitrogens with two attached hydrogens (primary N) is 1. The first kappa shape index (κ1) is 20.2. The maximum Gasteiger partial charge on any atom is 0.244 e. The summed E-state index contributed by atoms with van der Waals surface area (Å²) in [5.41, 5.74) is 6.80. The minimum absolute atomic E-state index is 0.0287. The molecule has 0 fully saturated rings. The van der Waals surface area contributed by atoms with Crippen molar-refractivity contribution in [2.45, 2.75) is 53.6 Å². The molecule has 24 heavy (non-hydrogen) atoms. The van der Waals surface area contributed by atoms with Crippen LogP contribution in [0.5, 0.6) is 0 Å². The molecule has 0 bridgehead atoms. The number of hydrogen-bond donors (Lipinski definition) is 2. The number of rotatable bonds is 8. The summed E-state index contributed by atoms with van der Waals surface area (Å²) in [7, 11) is 0. The summed E-state index contributed by atoms with van der Waals surface area (Å²) in [6.45, 7) is 10.5. The molecule has 7 heteroatoms. The van der Waals surface area contributed by atoms with Crippen LogP contribution in [0.1, 0.15) is 45.4 Å². The highest BCUT2D eigenvalue weighted by Crippen LogP contribution is 2.22. The molecule has 2 unspecified atom stereocenters. The van der Waals surface area contributed by atoms with Crippen molar-refractivity contribution >= 4 is 29.5 Å². The molecule has 2 atom stereocenters. The number of carbonyl (C=O) groups is 2. The third-order valence-corrected chi connectivity index (χ3v) is 4.26. The van der Waals surface area contributed by atoms with Gasteiger partial charge in [0, 0.05) is 18.2 Å². The van der Waals surface area contributed by atoms with Crippen LogP contribution in [0, 0.1) is 18.8 Å². The topological polar surface area (TPSA) is 90.0 Å². The molecule has 6 nitrogen and oxygen atoms in total. The van der Waals surface area contributed by atoms with E-state index in [1.165, 1.54) is 6.08 Å². The molecule has 0 aliphatic carbocycles. The average Bonchev–Trinajstić information content (AvgIpc) is 2.75. The summed E-state index contributed by atoms with van der Waals surface area (Å²) >= 11 is 6.33. The molecule has 1 aromatic heterocycles. The van der Waals surface area contributed by atoms with E-state index in [9.17, 15) is 9.59 Å². The lowest BCUT2D eigenvalue weighted by Gasteiger charge is -2.20. The van der Waals surface area contributed by atoms with E-state index in [0.29, 0.717) is 23.2 Å². The minimum atomic E-state index is -0.688. The summed E-state index contributed by atoms with van der Waals surface area (Å²) < 4.78 is 1.73. The highest BCUT2D eigenvalue weighted by molar-refractivity contribution is 6.31. The number of carbonyl (C=O) groups excluding carboxylic acids is 2. The third kappa shape index (κ3) is 5.37. The molecule has 1 rings (SSSR count). The van der Waals surface area contributed by atoms with E-state index in [4.69, 9.17) is 17.3 Å². The van der Waals surface area contributed by atoms with Gasteiger partial charge in [-0.25, -0.2) is 0 Å². The summed E-state index contributed by atoms with van der Waals surface area (Å²) in [6, 6.07) is -0.688. The Balaban J connectivity index is 2.87. The van der Waals surface area contributed by atoms with Crippen LogP contribution in [0.3, 0.4) is 0 Å². The van der Waals surface area contributed by atoms with Crippen molar-refractivity contribution in [3.05, 3.63) is 22.5 Å². The second-order valence-corrected chi connectivity index (χ2v) is 6.83. The summed E-state index contributed by atoms with van der Waals surface area (Å²) in [5.74, 6) is -0.538. The standard InChI is InChI=1S/C17H27ClN4O2/c1-6-11(4)15(17(19)24)20-14(23)8-7-13-12(5)21-22(16(13)18)9-10(2)3/h7-8,10-11,15H,6,9H2,1-5H3,(H2,19,24)(H,20,23). The molecule has 0 spiro atoms. The number of nitrogens with one attached hydrogen (secondary N) is 1. The molecule has 1 heterocycles. The SMILES string of the molecule is CCC(C)C(NC(=O)C=Cc1c(C)nn(CC(C)C)c1Cl)C(N)=O. The fraction of sp³-hybridized carbons (Fsp3) is 0.588. The predicted molar refractivity (Wildman–Crippen MR) is 96.4 cm³/mol. The molecular weight excluding hydrogens is 328 g/mol. The number of nitrogens with zero attached hydrogens (tertiary/aromatic N) is 2. The quantitative estimate of drug-likeness (QED) is 0.703. The number of hydrogen-bond acceptors (Lipinski definition) is 3. The van der Waals surface area contributed by atoms with Crippen LogP contribution in [0.25, 0.3) is 6.08 Å². The van der Waals surface area contributed by atoms with Gasteiger partial charge in [-0.05, 0) is 24.8 Å². The van der Waals surface area contributed by atoms with E-state index in [1.54, 1.807) is 10.8 Å². The van der Waals surface area contributed by atoms with Gasteiger partial charge in [0.05, 0.1) is 5.69 Å². The molecule has 0 aliphatic rings. The van der Waals surface area contributed by atoms with Crippen molar-refractivity contribution in [2.75, 3.05) is 0 Å². The van der Waals surface area contributed by atoms with E-state index < -0.39 is 11.9 Å². The minimum Gasteiger partial charge on any atom is -0.368 e. The van der Waals surface area contributed by atoms with Gasteiger partial charge in [-0.3, -0.25) is 14.3 Å². The molecule has 134 valence electrons. The van der Waals surface area contributed by atoms with E-state index in [1.807, 2.05) is 20.8 Å². The Labute approximate surface area is 148 Å². The lowest BCUT2D eigenvalue weighted by molar-refractivity contribution is -0.126. The normalized spacial score (nSPS) is 14.1. The Hall–Kier alpha value is -1.82. The first-order valence-electron chi connectivity index (χ1n) is 8.18. The molecule has 2 amide bonds. The van der Waals surface area contributed by atoms with Crippen LogP contribution in [0.4, 0.5) is 0 Å². The third-order valence-electron chi connectivity index (χ3n) is 3.87. The van der Waals surface area contributed by atoms with Crippen LogP contribution in [-0.2, 0) is 16.1 Å². The largest absolute Gasteiger partial charge is 0.368 e. The number of primary amides is 1. The van der Waals surface area contributed by atoms with Gasteiger partial charge < -0.3 is 11.1 Å². The van der Waals surface area contributed by atoms with E-state index in [0.717, 1.165) is 12.1 Å².